The van der Waals surface area contributed by atoms with Gasteiger partial charge in [0, 0.05) is 25.9 Å². The van der Waals surface area contributed by atoms with E-state index in [4.69, 9.17) is 16.3 Å². The van der Waals surface area contributed by atoms with Crippen LogP contribution in [0.3, 0.4) is 0 Å². The highest BCUT2D eigenvalue weighted by Crippen LogP contribution is 2.13. The van der Waals surface area contributed by atoms with Gasteiger partial charge < -0.3 is 9.64 Å². The van der Waals surface area contributed by atoms with Gasteiger partial charge in [0.25, 0.3) is 0 Å². The van der Waals surface area contributed by atoms with Crippen LogP contribution in [0.4, 0.5) is 0 Å². The van der Waals surface area contributed by atoms with Gasteiger partial charge in [-0.05, 0) is 24.6 Å². The van der Waals surface area contributed by atoms with E-state index < -0.39 is 0 Å². The highest BCUT2D eigenvalue weighted by Gasteiger charge is 2.08. The number of hydrogen-bond donors (Lipinski definition) is 0. The normalized spacial score (nSPS) is 10.1. The number of nitrogens with zero attached hydrogens (tertiary/aromatic N) is 1. The number of hydrogen-bond acceptors (Lipinski definition) is 2. The zero-order chi connectivity index (χ0) is 12.7. The van der Waals surface area contributed by atoms with Crippen LogP contribution in [-0.4, -0.2) is 30.3 Å². The molecule has 0 aliphatic carbocycles. The van der Waals surface area contributed by atoms with Gasteiger partial charge in [0.1, 0.15) is 5.75 Å². The summed E-state index contributed by atoms with van der Waals surface area (Å²) in [5.41, 5.74) is 1.08. The number of carbonyl (C=O) groups excluding carboxylic acids is 1. The Morgan fingerprint density at radius 1 is 1.35 bits per heavy atom. The monoisotopic (exact) mass is 255 g/mol. The Morgan fingerprint density at radius 3 is 2.53 bits per heavy atom. The molecule has 94 valence electrons. The van der Waals surface area contributed by atoms with Crippen molar-refractivity contribution in [1.82, 2.24) is 4.90 Å². The predicted molar refractivity (Wildman–Crippen MR) is 69.4 cm³/mol. The van der Waals surface area contributed by atoms with Crippen LogP contribution in [0.1, 0.15) is 18.9 Å². The van der Waals surface area contributed by atoms with Crippen molar-refractivity contribution in [2.24, 2.45) is 0 Å². The highest BCUT2D eigenvalue weighted by molar-refractivity contribution is 6.18. The summed E-state index contributed by atoms with van der Waals surface area (Å²) in [6.07, 6.45) is 0.384. The van der Waals surface area contributed by atoms with E-state index in [0.717, 1.165) is 11.3 Å². The number of carbonyl (C=O) groups is 1. The van der Waals surface area contributed by atoms with Gasteiger partial charge in [0.05, 0.1) is 6.61 Å². The minimum atomic E-state index is 0.0638. The molecule has 0 bridgehead atoms. The van der Waals surface area contributed by atoms with Crippen molar-refractivity contribution in [2.75, 3.05) is 19.5 Å². The molecule has 3 nitrogen and oxygen atoms in total. The maximum atomic E-state index is 11.5. The van der Waals surface area contributed by atoms with Crippen molar-refractivity contribution in [3.05, 3.63) is 29.8 Å². The number of halogens is 1. The third-order valence-corrected chi connectivity index (χ3v) is 2.58. The van der Waals surface area contributed by atoms with E-state index in [1.54, 1.807) is 11.9 Å². The van der Waals surface area contributed by atoms with E-state index in [2.05, 4.69) is 0 Å². The third-order valence-electron chi connectivity index (χ3n) is 2.39. The molecule has 17 heavy (non-hydrogen) atoms. The average molecular weight is 256 g/mol. The molecule has 0 radical (unpaired) electrons. The van der Waals surface area contributed by atoms with Crippen LogP contribution in [-0.2, 0) is 11.3 Å². The largest absolute Gasteiger partial charge is 0.494 e. The van der Waals surface area contributed by atoms with Gasteiger partial charge >= 0.3 is 0 Å². The molecule has 0 unspecified atom stereocenters. The van der Waals surface area contributed by atoms with Gasteiger partial charge in [0.15, 0.2) is 0 Å². The molecule has 1 aromatic carbocycles. The molecule has 4 heteroatoms. The van der Waals surface area contributed by atoms with Crippen LogP contribution < -0.4 is 4.74 Å². The maximum Gasteiger partial charge on any atom is 0.223 e. The van der Waals surface area contributed by atoms with Crippen LogP contribution in [0.5, 0.6) is 5.75 Å². The predicted octanol–water partition coefficient (Wildman–Crippen LogP) is 2.67. The van der Waals surface area contributed by atoms with Crippen LogP contribution in [0, 0.1) is 0 Å². The fourth-order valence-corrected chi connectivity index (χ4v) is 1.65. The molecule has 0 aliphatic heterocycles. The molecular weight excluding hydrogens is 238 g/mol. The van der Waals surface area contributed by atoms with Gasteiger partial charge in [-0.3, -0.25) is 4.79 Å². The fourth-order valence-electron chi connectivity index (χ4n) is 1.49. The minimum Gasteiger partial charge on any atom is -0.494 e. The molecule has 1 rings (SSSR count). The van der Waals surface area contributed by atoms with Gasteiger partial charge in [-0.2, -0.15) is 0 Å². The summed E-state index contributed by atoms with van der Waals surface area (Å²) in [6, 6.07) is 7.77. The fraction of sp³-hybridized carbons (Fsp3) is 0.462. The van der Waals surface area contributed by atoms with E-state index in [0.29, 0.717) is 25.5 Å². The Morgan fingerprint density at radius 2 is 2.00 bits per heavy atom. The third kappa shape index (κ3) is 4.65. The Bertz CT molecular complexity index is 351. The first-order valence-corrected chi connectivity index (χ1v) is 6.22. The van der Waals surface area contributed by atoms with Gasteiger partial charge in [-0.25, -0.2) is 0 Å². The summed E-state index contributed by atoms with van der Waals surface area (Å²) < 4.78 is 5.35. The number of alkyl halides is 1. The van der Waals surface area contributed by atoms with Crippen LogP contribution >= 0.6 is 11.6 Å². The summed E-state index contributed by atoms with van der Waals surface area (Å²) in [5.74, 6) is 1.28. The van der Waals surface area contributed by atoms with Crippen molar-refractivity contribution in [1.29, 1.82) is 0 Å². The van der Waals surface area contributed by atoms with Crippen molar-refractivity contribution < 1.29 is 9.53 Å². The Balaban J connectivity index is 2.53. The summed E-state index contributed by atoms with van der Waals surface area (Å²) >= 11 is 5.53. The molecule has 0 N–H and O–H groups in total. The second-order valence-electron chi connectivity index (χ2n) is 3.77. The van der Waals surface area contributed by atoms with Crippen LogP contribution in [0.25, 0.3) is 0 Å². The zero-order valence-electron chi connectivity index (χ0n) is 10.3. The lowest BCUT2D eigenvalue weighted by Gasteiger charge is -2.16. The van der Waals surface area contributed by atoms with Crippen LogP contribution in [0.2, 0.25) is 0 Å². The second-order valence-corrected chi connectivity index (χ2v) is 4.14. The lowest BCUT2D eigenvalue weighted by Crippen LogP contribution is -2.26. The Kier molecular flexibility index (Phi) is 5.84. The summed E-state index contributed by atoms with van der Waals surface area (Å²) in [5, 5.41) is 0. The summed E-state index contributed by atoms with van der Waals surface area (Å²) in [6.45, 7) is 3.21. The van der Waals surface area contributed by atoms with Crippen LogP contribution in [0.15, 0.2) is 24.3 Å². The quantitative estimate of drug-likeness (QED) is 0.732. The molecule has 1 amide bonds. The van der Waals surface area contributed by atoms with Crippen molar-refractivity contribution >= 4 is 17.5 Å². The summed E-state index contributed by atoms with van der Waals surface area (Å²) in [7, 11) is 1.78. The molecular formula is C13H18ClNO2. The van der Waals surface area contributed by atoms with Crippen molar-refractivity contribution in [2.45, 2.75) is 19.9 Å². The second kappa shape index (κ2) is 7.17. The van der Waals surface area contributed by atoms with E-state index in [9.17, 15) is 4.79 Å². The number of rotatable bonds is 6. The smallest absolute Gasteiger partial charge is 0.223 e. The first-order chi connectivity index (χ1) is 8.17. The number of ether oxygens (including phenoxy) is 1. The minimum absolute atomic E-state index is 0.0638. The van der Waals surface area contributed by atoms with E-state index in [-0.39, 0.29) is 5.91 Å². The van der Waals surface area contributed by atoms with Gasteiger partial charge in [-0.1, -0.05) is 12.1 Å². The number of amides is 1. The first-order valence-electron chi connectivity index (χ1n) is 5.69. The molecule has 0 atom stereocenters. The maximum absolute atomic E-state index is 11.5. The lowest BCUT2D eigenvalue weighted by molar-refractivity contribution is -0.129. The van der Waals surface area contributed by atoms with E-state index in [1.165, 1.54) is 0 Å². The molecule has 1 aromatic rings. The first kappa shape index (κ1) is 13.8. The topological polar surface area (TPSA) is 29.5 Å². The molecule has 0 saturated carbocycles. The molecule has 0 fully saturated rings. The SMILES string of the molecule is CCOc1ccc(CN(C)C(=O)CCCl)cc1. The zero-order valence-corrected chi connectivity index (χ0v) is 11.0. The van der Waals surface area contributed by atoms with E-state index >= 15 is 0 Å². The Hall–Kier alpha value is -1.22. The number of benzene rings is 1. The molecule has 0 saturated heterocycles. The molecule has 0 heterocycles. The van der Waals surface area contributed by atoms with E-state index in [1.807, 2.05) is 31.2 Å². The Labute approximate surface area is 107 Å². The van der Waals surface area contributed by atoms with Gasteiger partial charge in [0.2, 0.25) is 5.91 Å². The summed E-state index contributed by atoms with van der Waals surface area (Å²) in [4.78, 5) is 13.2. The lowest BCUT2D eigenvalue weighted by atomic mass is 10.2. The average Bonchev–Trinajstić information content (AvgIpc) is 2.32. The standard InChI is InChI=1S/C13H18ClNO2/c1-3-17-12-6-4-11(5-7-12)10-15(2)13(16)8-9-14/h4-7H,3,8-10H2,1-2H3. The molecule has 0 spiro atoms. The van der Waals surface area contributed by atoms with Crippen molar-refractivity contribution in [3.8, 4) is 5.75 Å². The molecule has 0 aromatic heterocycles. The highest BCUT2D eigenvalue weighted by atomic mass is 35.5. The van der Waals surface area contributed by atoms with Crippen molar-refractivity contribution in [3.63, 3.8) is 0 Å². The molecule has 0 aliphatic rings. The van der Waals surface area contributed by atoms with Gasteiger partial charge in [-0.15, -0.1) is 11.6 Å².